The summed E-state index contributed by atoms with van der Waals surface area (Å²) in [4.78, 5) is 12.4. The summed E-state index contributed by atoms with van der Waals surface area (Å²) in [5.74, 6) is 1.06. The molecule has 0 aliphatic heterocycles. The second-order valence-corrected chi connectivity index (χ2v) is 6.59. The zero-order valence-electron chi connectivity index (χ0n) is 16.4. The highest BCUT2D eigenvalue weighted by molar-refractivity contribution is 6.06. The first-order chi connectivity index (χ1) is 13.5. The van der Waals surface area contributed by atoms with Crippen LogP contribution in [0.3, 0.4) is 0 Å². The number of aliphatic hydroxyl groups excluding tert-OH is 1. The van der Waals surface area contributed by atoms with Gasteiger partial charge in [0, 0.05) is 30.2 Å². The van der Waals surface area contributed by atoms with Crippen molar-refractivity contribution in [1.29, 1.82) is 0 Å². The van der Waals surface area contributed by atoms with Crippen molar-refractivity contribution in [1.82, 2.24) is 9.88 Å². The quantitative estimate of drug-likeness (QED) is 0.550. The summed E-state index contributed by atoms with van der Waals surface area (Å²) in [5, 5.41) is 14.0. The molecule has 1 aromatic carbocycles. The van der Waals surface area contributed by atoms with E-state index in [1.807, 2.05) is 48.9 Å². The van der Waals surface area contributed by atoms with Crippen LogP contribution in [0.15, 0.2) is 41.0 Å². The second kappa shape index (κ2) is 8.95. The van der Waals surface area contributed by atoms with Gasteiger partial charge in [-0.2, -0.15) is 0 Å². The zero-order valence-corrected chi connectivity index (χ0v) is 16.4. The summed E-state index contributed by atoms with van der Waals surface area (Å²) in [6.07, 6.45) is 0.940. The molecular weight excluding hydrogens is 360 g/mol. The maximum Gasteiger partial charge on any atom is 0.340 e. The number of aliphatic hydroxyl groups is 1. The Labute approximate surface area is 163 Å². The standard InChI is InChI=1S/C21H26N2O5/c1-4-26-21(25)20-14(2)23(3)19-8-7-16(10-18(19)20)28-13-15(24)11-22-12-17-6-5-9-27-17/h5-10,15,22,24H,4,11-13H2,1-3H3/t15-/m0/s1. The average Bonchev–Trinajstić information content (AvgIpc) is 3.27. The van der Waals surface area contributed by atoms with E-state index in [0.29, 0.717) is 31.0 Å². The number of hydrogen-bond acceptors (Lipinski definition) is 6. The summed E-state index contributed by atoms with van der Waals surface area (Å²) >= 11 is 0. The number of nitrogens with zero attached hydrogens (tertiary/aromatic N) is 1. The van der Waals surface area contributed by atoms with Crippen LogP contribution in [-0.4, -0.2) is 41.5 Å². The van der Waals surface area contributed by atoms with E-state index in [9.17, 15) is 9.90 Å². The molecule has 0 radical (unpaired) electrons. The number of aryl methyl sites for hydroxylation is 1. The molecule has 28 heavy (non-hydrogen) atoms. The summed E-state index contributed by atoms with van der Waals surface area (Å²) in [6, 6.07) is 9.25. The predicted octanol–water partition coefficient (Wildman–Crippen LogP) is 2.79. The molecule has 2 N–H and O–H groups in total. The van der Waals surface area contributed by atoms with Crippen LogP contribution in [0.25, 0.3) is 10.9 Å². The van der Waals surface area contributed by atoms with Crippen molar-refractivity contribution >= 4 is 16.9 Å². The molecule has 3 aromatic rings. The molecule has 1 atom stereocenters. The van der Waals surface area contributed by atoms with E-state index < -0.39 is 6.10 Å². The molecule has 0 amide bonds. The highest BCUT2D eigenvalue weighted by atomic mass is 16.5. The van der Waals surface area contributed by atoms with Crippen molar-refractivity contribution in [2.24, 2.45) is 7.05 Å². The minimum Gasteiger partial charge on any atom is -0.491 e. The van der Waals surface area contributed by atoms with Crippen LogP contribution in [0, 0.1) is 6.92 Å². The number of ether oxygens (including phenoxy) is 2. The molecule has 3 rings (SSSR count). The van der Waals surface area contributed by atoms with Gasteiger partial charge < -0.3 is 28.9 Å². The van der Waals surface area contributed by atoms with Gasteiger partial charge in [-0.25, -0.2) is 4.79 Å². The number of carbonyl (C=O) groups excluding carboxylic acids is 1. The third-order valence-corrected chi connectivity index (χ3v) is 4.64. The molecule has 0 saturated carbocycles. The lowest BCUT2D eigenvalue weighted by Crippen LogP contribution is -2.31. The summed E-state index contributed by atoms with van der Waals surface area (Å²) in [5.41, 5.74) is 2.31. The molecule has 150 valence electrons. The van der Waals surface area contributed by atoms with Gasteiger partial charge in [0.1, 0.15) is 24.2 Å². The van der Waals surface area contributed by atoms with Crippen LogP contribution in [0.2, 0.25) is 0 Å². The van der Waals surface area contributed by atoms with Crippen molar-refractivity contribution in [2.45, 2.75) is 26.5 Å². The van der Waals surface area contributed by atoms with Crippen molar-refractivity contribution in [3.63, 3.8) is 0 Å². The molecule has 0 spiro atoms. The number of esters is 1. The molecule has 0 aliphatic carbocycles. The number of fused-ring (bicyclic) bond motifs is 1. The molecule has 7 nitrogen and oxygen atoms in total. The van der Waals surface area contributed by atoms with Gasteiger partial charge in [0.25, 0.3) is 0 Å². The first-order valence-electron chi connectivity index (χ1n) is 9.31. The van der Waals surface area contributed by atoms with E-state index in [1.165, 1.54) is 0 Å². The summed E-state index contributed by atoms with van der Waals surface area (Å²) < 4.78 is 18.1. The molecule has 0 aliphatic rings. The van der Waals surface area contributed by atoms with Gasteiger partial charge in [-0.05, 0) is 44.2 Å². The smallest absolute Gasteiger partial charge is 0.340 e. The van der Waals surface area contributed by atoms with Crippen molar-refractivity contribution < 1.29 is 23.8 Å². The Morgan fingerprint density at radius 2 is 2.18 bits per heavy atom. The van der Waals surface area contributed by atoms with Gasteiger partial charge in [0.2, 0.25) is 0 Å². The minimum absolute atomic E-state index is 0.136. The van der Waals surface area contributed by atoms with Crippen molar-refractivity contribution in [3.05, 3.63) is 53.6 Å². The number of aromatic nitrogens is 1. The number of carbonyl (C=O) groups is 1. The molecule has 7 heteroatoms. The monoisotopic (exact) mass is 386 g/mol. The molecule has 0 bridgehead atoms. The van der Waals surface area contributed by atoms with Gasteiger partial charge in [-0.15, -0.1) is 0 Å². The van der Waals surface area contributed by atoms with E-state index in [1.54, 1.807) is 13.2 Å². The third-order valence-electron chi connectivity index (χ3n) is 4.64. The third kappa shape index (κ3) is 4.37. The molecule has 0 unspecified atom stereocenters. The Morgan fingerprint density at radius 3 is 2.89 bits per heavy atom. The highest BCUT2D eigenvalue weighted by Crippen LogP contribution is 2.29. The molecule has 2 aromatic heterocycles. The molecule has 2 heterocycles. The van der Waals surface area contributed by atoms with Crippen LogP contribution < -0.4 is 10.1 Å². The fourth-order valence-corrected chi connectivity index (χ4v) is 3.13. The fraction of sp³-hybridized carbons (Fsp3) is 0.381. The van der Waals surface area contributed by atoms with Gasteiger partial charge in [0.15, 0.2) is 0 Å². The lowest BCUT2D eigenvalue weighted by Gasteiger charge is -2.13. The number of benzene rings is 1. The van der Waals surface area contributed by atoms with E-state index in [-0.39, 0.29) is 12.6 Å². The van der Waals surface area contributed by atoms with Crippen LogP contribution in [0.5, 0.6) is 5.75 Å². The second-order valence-electron chi connectivity index (χ2n) is 6.59. The van der Waals surface area contributed by atoms with E-state index >= 15 is 0 Å². The summed E-state index contributed by atoms with van der Waals surface area (Å²) in [6.45, 7) is 5.05. The van der Waals surface area contributed by atoms with Crippen LogP contribution >= 0.6 is 0 Å². The largest absolute Gasteiger partial charge is 0.491 e. The van der Waals surface area contributed by atoms with Crippen LogP contribution in [-0.2, 0) is 18.3 Å². The van der Waals surface area contributed by atoms with Crippen LogP contribution in [0.1, 0.15) is 28.7 Å². The number of furan rings is 1. The summed E-state index contributed by atoms with van der Waals surface area (Å²) in [7, 11) is 1.91. The first-order valence-corrected chi connectivity index (χ1v) is 9.31. The normalized spacial score (nSPS) is 12.3. The lowest BCUT2D eigenvalue weighted by molar-refractivity contribution is 0.0527. The predicted molar refractivity (Wildman–Crippen MR) is 106 cm³/mol. The number of rotatable bonds is 9. The van der Waals surface area contributed by atoms with Gasteiger partial charge in [-0.3, -0.25) is 0 Å². The zero-order chi connectivity index (χ0) is 20.1. The fourth-order valence-electron chi connectivity index (χ4n) is 3.13. The Hall–Kier alpha value is -2.77. The molecule has 0 fully saturated rings. The minimum atomic E-state index is -0.673. The Bertz CT molecular complexity index is 930. The van der Waals surface area contributed by atoms with E-state index in [2.05, 4.69) is 5.32 Å². The Balaban J connectivity index is 1.64. The average molecular weight is 386 g/mol. The Kier molecular flexibility index (Phi) is 6.38. The SMILES string of the molecule is CCOC(=O)c1c(C)n(C)c2ccc(OC[C@@H](O)CNCc3ccco3)cc12. The number of nitrogens with one attached hydrogen (secondary N) is 1. The molecule has 0 saturated heterocycles. The van der Waals surface area contributed by atoms with Gasteiger partial charge in [0.05, 0.1) is 25.0 Å². The van der Waals surface area contributed by atoms with Gasteiger partial charge >= 0.3 is 5.97 Å². The first kappa shape index (κ1) is 20.0. The lowest BCUT2D eigenvalue weighted by atomic mass is 10.1. The molecular formula is C21H26N2O5. The maximum atomic E-state index is 12.4. The number of hydrogen-bond donors (Lipinski definition) is 2. The Morgan fingerprint density at radius 1 is 1.36 bits per heavy atom. The van der Waals surface area contributed by atoms with Crippen molar-refractivity contribution in [2.75, 3.05) is 19.8 Å². The van der Waals surface area contributed by atoms with Crippen molar-refractivity contribution in [3.8, 4) is 5.75 Å². The van der Waals surface area contributed by atoms with Gasteiger partial charge in [-0.1, -0.05) is 0 Å². The highest BCUT2D eigenvalue weighted by Gasteiger charge is 2.20. The van der Waals surface area contributed by atoms with Crippen LogP contribution in [0.4, 0.5) is 0 Å². The van der Waals surface area contributed by atoms with E-state index in [4.69, 9.17) is 13.9 Å². The van der Waals surface area contributed by atoms with E-state index in [0.717, 1.165) is 22.4 Å². The topological polar surface area (TPSA) is 85.9 Å². The maximum absolute atomic E-state index is 12.4.